The van der Waals surface area contributed by atoms with Crippen LogP contribution >= 0.6 is 0 Å². The zero-order valence-electron chi connectivity index (χ0n) is 10.9. The molecule has 0 bridgehead atoms. The minimum Gasteiger partial charge on any atom is -0.303 e. The Balaban J connectivity index is 3.01. The van der Waals surface area contributed by atoms with E-state index in [1.165, 1.54) is 57.8 Å². The third-order valence-corrected chi connectivity index (χ3v) is 2.83. The van der Waals surface area contributed by atoms with Gasteiger partial charge in [-0.1, -0.05) is 51.2 Å². The molecule has 0 unspecified atom stereocenters. The molecule has 1 heteroatoms. The van der Waals surface area contributed by atoms with Crippen LogP contribution in [0.25, 0.3) is 0 Å². The molecule has 0 aromatic heterocycles. The second-order valence-electron chi connectivity index (χ2n) is 4.48. The Kier molecular flexibility index (Phi) is 13.9. The van der Waals surface area contributed by atoms with Crippen molar-refractivity contribution in [1.29, 1.82) is 0 Å². The quantitative estimate of drug-likeness (QED) is 0.257. The van der Waals surface area contributed by atoms with Crippen LogP contribution in [0.15, 0.2) is 12.2 Å². The molecular formula is C15H28O. The first-order valence-electron chi connectivity index (χ1n) is 7.00. The summed E-state index contributed by atoms with van der Waals surface area (Å²) in [5.74, 6) is 0. The Bertz CT molecular complexity index is 161. The Labute approximate surface area is 101 Å². The molecule has 0 saturated heterocycles. The smallest absolute Gasteiger partial charge is 0.119 e. The number of carbonyl (C=O) groups is 1. The fourth-order valence-corrected chi connectivity index (χ4v) is 1.77. The molecule has 0 heterocycles. The van der Waals surface area contributed by atoms with E-state index >= 15 is 0 Å². The molecule has 1 nitrogen and oxygen atoms in total. The monoisotopic (exact) mass is 224 g/mol. The third-order valence-electron chi connectivity index (χ3n) is 2.83. The lowest BCUT2D eigenvalue weighted by Gasteiger charge is -1.96. The second-order valence-corrected chi connectivity index (χ2v) is 4.48. The van der Waals surface area contributed by atoms with Crippen molar-refractivity contribution < 1.29 is 4.79 Å². The van der Waals surface area contributed by atoms with Crippen LogP contribution in [0.3, 0.4) is 0 Å². The lowest BCUT2D eigenvalue weighted by molar-refractivity contribution is -0.107. The summed E-state index contributed by atoms with van der Waals surface area (Å²) in [5.41, 5.74) is 0. The summed E-state index contributed by atoms with van der Waals surface area (Å²) >= 11 is 0. The van der Waals surface area contributed by atoms with Gasteiger partial charge in [-0.25, -0.2) is 0 Å². The summed E-state index contributed by atoms with van der Waals surface area (Å²) in [6.07, 6.45) is 19.2. The van der Waals surface area contributed by atoms with Gasteiger partial charge in [0, 0.05) is 6.42 Å². The van der Waals surface area contributed by atoms with E-state index in [2.05, 4.69) is 19.1 Å². The number of aldehydes is 1. The lowest BCUT2D eigenvalue weighted by atomic mass is 10.1. The fourth-order valence-electron chi connectivity index (χ4n) is 1.77. The Morgan fingerprint density at radius 3 is 1.75 bits per heavy atom. The molecule has 0 radical (unpaired) electrons. The predicted octanol–water partition coefficient (Wildman–Crippen LogP) is 5.05. The van der Waals surface area contributed by atoms with E-state index in [0.717, 1.165) is 19.1 Å². The summed E-state index contributed by atoms with van der Waals surface area (Å²) in [7, 11) is 0. The molecule has 94 valence electrons. The van der Waals surface area contributed by atoms with E-state index in [-0.39, 0.29) is 0 Å². The zero-order valence-corrected chi connectivity index (χ0v) is 10.9. The number of hydrogen-bond donors (Lipinski definition) is 0. The molecule has 0 aliphatic heterocycles. The average Bonchev–Trinajstić information content (AvgIpc) is 2.31. The van der Waals surface area contributed by atoms with Crippen LogP contribution in [0.5, 0.6) is 0 Å². The molecule has 0 spiro atoms. The van der Waals surface area contributed by atoms with Gasteiger partial charge in [0.1, 0.15) is 6.29 Å². The van der Waals surface area contributed by atoms with Gasteiger partial charge < -0.3 is 4.79 Å². The van der Waals surface area contributed by atoms with Crippen molar-refractivity contribution in [2.75, 3.05) is 0 Å². The van der Waals surface area contributed by atoms with Gasteiger partial charge in [0.15, 0.2) is 0 Å². The van der Waals surface area contributed by atoms with Gasteiger partial charge in [-0.2, -0.15) is 0 Å². The first-order chi connectivity index (χ1) is 7.91. The molecular weight excluding hydrogens is 196 g/mol. The number of unbranched alkanes of at least 4 members (excludes halogenated alkanes) is 9. The highest BCUT2D eigenvalue weighted by molar-refractivity contribution is 5.48. The standard InChI is InChI=1S/C15H28O/c1-2-3-4-5-6-7-8-9-10-11-12-13-14-15-16/h8-9,15H,2-7,10-14H2,1H3. The van der Waals surface area contributed by atoms with Crippen molar-refractivity contribution in [3.05, 3.63) is 12.2 Å². The number of carbonyl (C=O) groups excluding carboxylic acids is 1. The van der Waals surface area contributed by atoms with Gasteiger partial charge in [0.2, 0.25) is 0 Å². The van der Waals surface area contributed by atoms with Gasteiger partial charge in [0.25, 0.3) is 0 Å². The van der Waals surface area contributed by atoms with Crippen molar-refractivity contribution in [2.45, 2.75) is 77.6 Å². The van der Waals surface area contributed by atoms with Crippen molar-refractivity contribution in [3.8, 4) is 0 Å². The van der Waals surface area contributed by atoms with Crippen LogP contribution < -0.4 is 0 Å². The van der Waals surface area contributed by atoms with Crippen LogP contribution in [0.4, 0.5) is 0 Å². The second kappa shape index (κ2) is 14.4. The molecule has 0 aromatic carbocycles. The maximum Gasteiger partial charge on any atom is 0.119 e. The van der Waals surface area contributed by atoms with Crippen LogP contribution in [-0.2, 0) is 4.79 Å². The van der Waals surface area contributed by atoms with Gasteiger partial charge in [-0.3, -0.25) is 0 Å². The topological polar surface area (TPSA) is 17.1 Å². The summed E-state index contributed by atoms with van der Waals surface area (Å²) in [6.45, 7) is 2.25. The molecule has 0 aliphatic carbocycles. The van der Waals surface area contributed by atoms with Crippen molar-refractivity contribution in [2.24, 2.45) is 0 Å². The normalized spacial score (nSPS) is 11.1. The third kappa shape index (κ3) is 13.4. The Morgan fingerprint density at radius 1 is 0.688 bits per heavy atom. The van der Waals surface area contributed by atoms with Gasteiger partial charge in [0.05, 0.1) is 0 Å². The van der Waals surface area contributed by atoms with Crippen molar-refractivity contribution in [1.82, 2.24) is 0 Å². The average molecular weight is 224 g/mol. The van der Waals surface area contributed by atoms with Crippen LogP contribution in [0.2, 0.25) is 0 Å². The number of rotatable bonds is 12. The van der Waals surface area contributed by atoms with Gasteiger partial charge >= 0.3 is 0 Å². The fraction of sp³-hybridized carbons (Fsp3) is 0.800. The highest BCUT2D eigenvalue weighted by Gasteiger charge is 1.88. The van der Waals surface area contributed by atoms with E-state index in [1.807, 2.05) is 0 Å². The highest BCUT2D eigenvalue weighted by Crippen LogP contribution is 2.07. The van der Waals surface area contributed by atoms with Crippen LogP contribution in [-0.4, -0.2) is 6.29 Å². The summed E-state index contributed by atoms with van der Waals surface area (Å²) in [5, 5.41) is 0. The molecule has 16 heavy (non-hydrogen) atoms. The number of allylic oxidation sites excluding steroid dienone is 2. The minimum absolute atomic E-state index is 0.737. The maximum absolute atomic E-state index is 10.1. The molecule has 0 aromatic rings. The SMILES string of the molecule is CCCCCCCC=CCCCCCC=O. The highest BCUT2D eigenvalue weighted by atomic mass is 16.1. The zero-order chi connectivity index (χ0) is 11.9. The van der Waals surface area contributed by atoms with Gasteiger partial charge in [-0.05, 0) is 32.1 Å². The first kappa shape index (κ1) is 15.4. The van der Waals surface area contributed by atoms with E-state index < -0.39 is 0 Å². The molecule has 0 amide bonds. The summed E-state index contributed by atoms with van der Waals surface area (Å²) in [4.78, 5) is 10.1. The van der Waals surface area contributed by atoms with E-state index in [0.29, 0.717) is 0 Å². The van der Waals surface area contributed by atoms with Crippen molar-refractivity contribution in [3.63, 3.8) is 0 Å². The van der Waals surface area contributed by atoms with E-state index in [4.69, 9.17) is 0 Å². The van der Waals surface area contributed by atoms with E-state index in [9.17, 15) is 4.79 Å². The molecule has 0 aliphatic rings. The largest absolute Gasteiger partial charge is 0.303 e. The van der Waals surface area contributed by atoms with Crippen LogP contribution in [0.1, 0.15) is 77.6 Å². The van der Waals surface area contributed by atoms with Gasteiger partial charge in [-0.15, -0.1) is 0 Å². The maximum atomic E-state index is 10.1. The Hall–Kier alpha value is -0.590. The molecule has 0 N–H and O–H groups in total. The molecule has 0 atom stereocenters. The predicted molar refractivity (Wildman–Crippen MR) is 71.7 cm³/mol. The van der Waals surface area contributed by atoms with Crippen molar-refractivity contribution >= 4 is 6.29 Å². The Morgan fingerprint density at radius 2 is 1.19 bits per heavy atom. The molecule has 0 fully saturated rings. The summed E-state index contributed by atoms with van der Waals surface area (Å²) in [6, 6.07) is 0. The number of hydrogen-bond acceptors (Lipinski definition) is 1. The molecule has 0 rings (SSSR count). The molecule has 0 saturated carbocycles. The van der Waals surface area contributed by atoms with Crippen LogP contribution in [0, 0.1) is 0 Å². The minimum atomic E-state index is 0.737. The first-order valence-corrected chi connectivity index (χ1v) is 7.00. The lowest BCUT2D eigenvalue weighted by Crippen LogP contribution is -1.78. The van der Waals surface area contributed by atoms with E-state index in [1.54, 1.807) is 0 Å². The summed E-state index contributed by atoms with van der Waals surface area (Å²) < 4.78 is 0.